The smallest absolute Gasteiger partial charge is 0.303 e. The van der Waals surface area contributed by atoms with E-state index in [2.05, 4.69) is 0 Å². The quantitative estimate of drug-likeness (QED) is 0.530. The van der Waals surface area contributed by atoms with E-state index in [1.54, 1.807) is 12.1 Å². The van der Waals surface area contributed by atoms with E-state index in [1.807, 2.05) is 12.1 Å². The van der Waals surface area contributed by atoms with Gasteiger partial charge in [-0.25, -0.2) is 4.39 Å². The predicted molar refractivity (Wildman–Crippen MR) is 111 cm³/mol. The van der Waals surface area contributed by atoms with Crippen molar-refractivity contribution in [1.29, 1.82) is 0 Å². The minimum absolute atomic E-state index is 0.0172. The molecule has 166 valence electrons. The Labute approximate surface area is 177 Å². The minimum atomic E-state index is -0.759. The molecule has 2 aliphatic rings. The monoisotopic (exact) mass is 420 g/mol. The second-order valence-corrected chi connectivity index (χ2v) is 8.77. The fourth-order valence-electron chi connectivity index (χ4n) is 4.84. The van der Waals surface area contributed by atoms with Crippen molar-refractivity contribution >= 4 is 5.97 Å². The fourth-order valence-corrected chi connectivity index (χ4v) is 4.84. The van der Waals surface area contributed by atoms with E-state index >= 15 is 0 Å². The number of aliphatic carboxylic acids is 1. The van der Waals surface area contributed by atoms with E-state index in [0.29, 0.717) is 38.2 Å². The first kappa shape index (κ1) is 22.9. The highest BCUT2D eigenvalue weighted by atomic mass is 19.1. The van der Waals surface area contributed by atoms with Crippen molar-refractivity contribution in [2.24, 2.45) is 17.8 Å². The maximum absolute atomic E-state index is 13.3. The first-order valence-corrected chi connectivity index (χ1v) is 11.0. The zero-order valence-corrected chi connectivity index (χ0v) is 17.3. The van der Waals surface area contributed by atoms with Gasteiger partial charge in [0.15, 0.2) is 0 Å². The number of rotatable bonds is 9. The second-order valence-electron chi connectivity index (χ2n) is 8.77. The summed E-state index contributed by atoms with van der Waals surface area (Å²) < 4.78 is 19.3. The van der Waals surface area contributed by atoms with Crippen molar-refractivity contribution in [1.82, 2.24) is 0 Å². The Morgan fingerprint density at radius 1 is 1.33 bits per heavy atom. The number of aryl methyl sites for hydroxylation is 1. The third kappa shape index (κ3) is 6.62. The minimum Gasteiger partial charge on any atom is -0.481 e. The molecular formula is C24H33FO5. The molecule has 0 radical (unpaired) electrons. The van der Waals surface area contributed by atoms with Crippen LogP contribution in [0.15, 0.2) is 36.4 Å². The molecule has 6 heteroatoms. The second kappa shape index (κ2) is 11.0. The third-order valence-corrected chi connectivity index (χ3v) is 6.52. The van der Waals surface area contributed by atoms with Gasteiger partial charge in [-0.3, -0.25) is 4.79 Å². The number of carboxylic acid groups (broad SMARTS) is 1. The van der Waals surface area contributed by atoms with Crippen molar-refractivity contribution in [2.75, 3.05) is 6.61 Å². The van der Waals surface area contributed by atoms with E-state index in [4.69, 9.17) is 9.84 Å². The number of halogens is 1. The average molecular weight is 421 g/mol. The van der Waals surface area contributed by atoms with Gasteiger partial charge in [0.2, 0.25) is 0 Å². The number of benzene rings is 1. The Balaban J connectivity index is 1.49. The summed E-state index contributed by atoms with van der Waals surface area (Å²) in [5, 5.41) is 29.6. The number of carbonyl (C=O) groups is 1. The summed E-state index contributed by atoms with van der Waals surface area (Å²) in [6.45, 7) is 0.625. The summed E-state index contributed by atoms with van der Waals surface area (Å²) in [6.07, 6.45) is 7.90. The van der Waals surface area contributed by atoms with Gasteiger partial charge < -0.3 is 20.1 Å². The first-order valence-electron chi connectivity index (χ1n) is 11.0. The van der Waals surface area contributed by atoms with Crippen LogP contribution in [-0.2, 0) is 16.0 Å². The van der Waals surface area contributed by atoms with E-state index < -0.39 is 18.2 Å². The Morgan fingerprint density at radius 3 is 2.93 bits per heavy atom. The standard InChI is InChI=1S/C24H33FO5/c25-18-5-1-3-16(13-18)7-9-19(26)10-12-20-21-11-8-17(4-2-6-24(28)29)15-30-23(21)14-22(20)27/h1,3,5,10,12-13,17,19-23,26-27H,2,4,6-9,11,14-15H2,(H,28,29)/b12-10+/t17-,19+,20+,21+,22+,23-/m0/s1. The van der Waals surface area contributed by atoms with Gasteiger partial charge in [0.25, 0.3) is 0 Å². The van der Waals surface area contributed by atoms with Gasteiger partial charge in [0.1, 0.15) is 5.82 Å². The van der Waals surface area contributed by atoms with Crippen LogP contribution < -0.4 is 0 Å². The highest BCUT2D eigenvalue weighted by molar-refractivity contribution is 5.66. The number of hydrogen-bond donors (Lipinski definition) is 3. The number of ether oxygens (including phenoxy) is 1. The lowest BCUT2D eigenvalue weighted by molar-refractivity contribution is -0.137. The highest BCUT2D eigenvalue weighted by Crippen LogP contribution is 2.42. The van der Waals surface area contributed by atoms with Crippen LogP contribution in [0.3, 0.4) is 0 Å². The summed E-state index contributed by atoms with van der Waals surface area (Å²) in [5.74, 6) is -0.487. The van der Waals surface area contributed by atoms with Crippen molar-refractivity contribution in [3.05, 3.63) is 47.8 Å². The van der Waals surface area contributed by atoms with Crippen LogP contribution >= 0.6 is 0 Å². The molecule has 3 rings (SSSR count). The van der Waals surface area contributed by atoms with Crippen molar-refractivity contribution < 1.29 is 29.2 Å². The van der Waals surface area contributed by atoms with E-state index in [0.717, 1.165) is 24.8 Å². The van der Waals surface area contributed by atoms with Crippen LogP contribution in [0, 0.1) is 23.6 Å². The lowest BCUT2D eigenvalue weighted by atomic mass is 9.86. The molecule has 0 bridgehead atoms. The molecule has 1 saturated carbocycles. The van der Waals surface area contributed by atoms with Gasteiger partial charge in [-0.2, -0.15) is 0 Å². The summed E-state index contributed by atoms with van der Waals surface area (Å²) in [6, 6.07) is 6.41. The number of hydrogen-bond acceptors (Lipinski definition) is 4. The Bertz CT molecular complexity index is 721. The summed E-state index contributed by atoms with van der Waals surface area (Å²) in [5.41, 5.74) is 0.856. The topological polar surface area (TPSA) is 87.0 Å². The molecule has 0 unspecified atom stereocenters. The lowest BCUT2D eigenvalue weighted by Crippen LogP contribution is -2.21. The molecule has 5 nitrogen and oxygen atoms in total. The number of carboxylic acids is 1. The van der Waals surface area contributed by atoms with Crippen LogP contribution in [0.1, 0.15) is 50.5 Å². The van der Waals surface area contributed by atoms with Gasteiger partial charge >= 0.3 is 5.97 Å². The van der Waals surface area contributed by atoms with Crippen LogP contribution in [0.5, 0.6) is 0 Å². The molecule has 3 N–H and O–H groups in total. The molecule has 0 spiro atoms. The molecule has 1 saturated heterocycles. The maximum Gasteiger partial charge on any atom is 0.303 e. The van der Waals surface area contributed by atoms with Crippen LogP contribution in [0.4, 0.5) is 4.39 Å². The van der Waals surface area contributed by atoms with Gasteiger partial charge in [-0.15, -0.1) is 0 Å². The van der Waals surface area contributed by atoms with E-state index in [1.165, 1.54) is 12.1 Å². The van der Waals surface area contributed by atoms with Gasteiger partial charge in [-0.1, -0.05) is 24.3 Å². The molecule has 2 fully saturated rings. The molecule has 0 amide bonds. The van der Waals surface area contributed by atoms with Crippen molar-refractivity contribution in [2.45, 2.75) is 69.7 Å². The lowest BCUT2D eigenvalue weighted by Gasteiger charge is -2.21. The summed E-state index contributed by atoms with van der Waals surface area (Å²) >= 11 is 0. The SMILES string of the molecule is O=C(O)CCC[C@H]1CC[C@@H]2[C@@H](/C=C/[C@H](O)CCc3cccc(F)c3)[C@H](O)C[C@@H]2OC1. The third-order valence-electron chi connectivity index (χ3n) is 6.52. The molecule has 1 aromatic carbocycles. The average Bonchev–Trinajstić information content (AvgIpc) is 2.86. The fraction of sp³-hybridized carbons (Fsp3) is 0.625. The molecule has 0 aromatic heterocycles. The molecule has 1 aliphatic carbocycles. The Kier molecular flexibility index (Phi) is 8.42. The largest absolute Gasteiger partial charge is 0.481 e. The van der Waals surface area contributed by atoms with Crippen LogP contribution in [0.2, 0.25) is 0 Å². The Morgan fingerprint density at radius 2 is 2.17 bits per heavy atom. The molecule has 30 heavy (non-hydrogen) atoms. The highest BCUT2D eigenvalue weighted by Gasteiger charge is 2.43. The van der Waals surface area contributed by atoms with Crippen molar-refractivity contribution in [3.8, 4) is 0 Å². The Hall–Kier alpha value is -1.76. The number of aliphatic hydroxyl groups is 2. The van der Waals surface area contributed by atoms with E-state index in [-0.39, 0.29) is 30.2 Å². The molecule has 1 aliphatic heterocycles. The first-order chi connectivity index (χ1) is 14.4. The van der Waals surface area contributed by atoms with Gasteiger partial charge in [-0.05, 0) is 68.1 Å². The van der Waals surface area contributed by atoms with Crippen LogP contribution in [0.25, 0.3) is 0 Å². The zero-order valence-electron chi connectivity index (χ0n) is 17.3. The normalized spacial score (nSPS) is 30.2. The van der Waals surface area contributed by atoms with Crippen LogP contribution in [-0.4, -0.2) is 46.2 Å². The maximum atomic E-state index is 13.3. The number of aliphatic hydroxyl groups excluding tert-OH is 2. The number of fused-ring (bicyclic) bond motifs is 1. The molecule has 1 aromatic rings. The summed E-state index contributed by atoms with van der Waals surface area (Å²) in [4.78, 5) is 10.7. The molecule has 6 atom stereocenters. The van der Waals surface area contributed by atoms with Crippen molar-refractivity contribution in [3.63, 3.8) is 0 Å². The predicted octanol–water partition coefficient (Wildman–Crippen LogP) is 3.72. The van der Waals surface area contributed by atoms with Gasteiger partial charge in [0, 0.05) is 25.4 Å². The van der Waals surface area contributed by atoms with E-state index in [9.17, 15) is 19.4 Å². The van der Waals surface area contributed by atoms with Gasteiger partial charge in [0.05, 0.1) is 18.3 Å². The molecule has 1 heterocycles. The molecular weight excluding hydrogens is 387 g/mol. The zero-order chi connectivity index (χ0) is 21.5. The summed E-state index contributed by atoms with van der Waals surface area (Å²) in [7, 11) is 0.